The fraction of sp³-hybridized carbons (Fsp3) is 0.895. The highest BCUT2D eigenvalue weighted by molar-refractivity contribution is 4.98. The molecule has 5 nitrogen and oxygen atoms in total. The molecule has 1 aliphatic heterocycles. The minimum Gasteiger partial charge on any atom is -0.422 e. The molecule has 0 bridgehead atoms. The minimum absolute atomic E-state index is 0.142. The summed E-state index contributed by atoms with van der Waals surface area (Å²) in [6.07, 6.45) is 3.27. The maximum Gasteiger partial charge on any atom is 0.233 e. The number of hydrogen-bond acceptors (Lipinski definition) is 5. The van der Waals surface area contributed by atoms with Crippen LogP contribution in [0.15, 0.2) is 4.42 Å². The molecule has 0 saturated carbocycles. The topological polar surface area (TPSA) is 54.2 Å². The Hall–Kier alpha value is -0.940. The normalized spacial score (nSPS) is 21.4. The summed E-state index contributed by atoms with van der Waals surface area (Å²) in [6.45, 7) is 18.8. The third-order valence-electron chi connectivity index (χ3n) is 4.37. The van der Waals surface area contributed by atoms with E-state index in [9.17, 15) is 0 Å². The van der Waals surface area contributed by atoms with Crippen molar-refractivity contribution in [2.45, 2.75) is 79.8 Å². The second-order valence-electron chi connectivity index (χ2n) is 9.57. The van der Waals surface area contributed by atoms with Gasteiger partial charge in [-0.25, -0.2) is 0 Å². The van der Waals surface area contributed by atoms with Crippen LogP contribution in [0.2, 0.25) is 0 Å². The maximum absolute atomic E-state index is 6.10. The summed E-state index contributed by atoms with van der Waals surface area (Å²) in [6, 6.07) is 0.425. The quantitative estimate of drug-likeness (QED) is 0.837. The molecule has 1 N–H and O–H groups in total. The van der Waals surface area contributed by atoms with Gasteiger partial charge in [-0.05, 0) is 36.6 Å². The summed E-state index contributed by atoms with van der Waals surface area (Å²) in [5, 5.41) is 12.3. The van der Waals surface area contributed by atoms with Gasteiger partial charge in [0, 0.05) is 13.1 Å². The smallest absolute Gasteiger partial charge is 0.233 e. The number of aromatic nitrogens is 2. The Morgan fingerprint density at radius 1 is 1.17 bits per heavy atom. The van der Waals surface area contributed by atoms with E-state index in [2.05, 4.69) is 68.9 Å². The molecule has 1 aliphatic rings. The lowest BCUT2D eigenvalue weighted by Gasteiger charge is -2.29. The van der Waals surface area contributed by atoms with E-state index in [1.807, 2.05) is 0 Å². The highest BCUT2D eigenvalue weighted by atomic mass is 16.4. The van der Waals surface area contributed by atoms with Crippen LogP contribution in [0, 0.1) is 10.8 Å². The van der Waals surface area contributed by atoms with Crippen LogP contribution < -0.4 is 5.32 Å². The standard InChI is InChI=1S/C19H36N4O/c1-8-14(20-12-18(2,3)4)16-21-22-17(24-16)15-10-9-11-23(15)13-19(5,6)7/h14-15,20H,8-13H2,1-7H3/t14?,15-/m0/s1. The van der Waals surface area contributed by atoms with Crippen molar-refractivity contribution in [3.8, 4) is 0 Å². The number of likely N-dealkylation sites (tertiary alicyclic amines) is 1. The lowest BCUT2D eigenvalue weighted by Crippen LogP contribution is -2.32. The molecular formula is C19H36N4O. The van der Waals surface area contributed by atoms with E-state index in [0.29, 0.717) is 0 Å². The molecule has 0 aliphatic carbocycles. The lowest BCUT2D eigenvalue weighted by molar-refractivity contribution is 0.157. The molecule has 2 atom stereocenters. The number of nitrogens with one attached hydrogen (secondary N) is 1. The van der Waals surface area contributed by atoms with E-state index in [1.54, 1.807) is 0 Å². The van der Waals surface area contributed by atoms with Gasteiger partial charge in [0.1, 0.15) is 0 Å². The van der Waals surface area contributed by atoms with Crippen LogP contribution in [0.3, 0.4) is 0 Å². The average molecular weight is 337 g/mol. The first-order valence-electron chi connectivity index (χ1n) is 9.40. The molecule has 0 amide bonds. The first-order valence-corrected chi connectivity index (χ1v) is 9.40. The highest BCUT2D eigenvalue weighted by Gasteiger charge is 2.33. The Bertz CT molecular complexity index is 512. The molecule has 1 saturated heterocycles. The Kier molecular flexibility index (Phi) is 6.08. The van der Waals surface area contributed by atoms with Gasteiger partial charge in [-0.1, -0.05) is 48.5 Å². The molecule has 1 aromatic heterocycles. The molecule has 2 heterocycles. The molecule has 5 heteroatoms. The second-order valence-corrected chi connectivity index (χ2v) is 9.57. The van der Waals surface area contributed by atoms with Gasteiger partial charge in [-0.2, -0.15) is 0 Å². The summed E-state index contributed by atoms with van der Waals surface area (Å²) in [5.41, 5.74) is 0.525. The largest absolute Gasteiger partial charge is 0.422 e. The summed E-state index contributed by atoms with van der Waals surface area (Å²) < 4.78 is 6.10. The van der Waals surface area contributed by atoms with Crippen molar-refractivity contribution in [2.75, 3.05) is 19.6 Å². The lowest BCUT2D eigenvalue weighted by atomic mass is 9.96. The molecule has 0 spiro atoms. The van der Waals surface area contributed by atoms with Crippen LogP contribution in [-0.4, -0.2) is 34.7 Å². The maximum atomic E-state index is 6.10. The van der Waals surface area contributed by atoms with Crippen molar-refractivity contribution in [2.24, 2.45) is 10.8 Å². The fourth-order valence-electron chi connectivity index (χ4n) is 3.26. The Labute approximate surface area is 147 Å². The molecule has 24 heavy (non-hydrogen) atoms. The minimum atomic E-state index is 0.142. The summed E-state index contributed by atoms with van der Waals surface area (Å²) in [7, 11) is 0. The van der Waals surface area contributed by atoms with Crippen molar-refractivity contribution in [3.05, 3.63) is 11.8 Å². The number of hydrogen-bond donors (Lipinski definition) is 1. The molecule has 1 fully saturated rings. The Morgan fingerprint density at radius 2 is 1.88 bits per heavy atom. The van der Waals surface area contributed by atoms with E-state index < -0.39 is 0 Å². The van der Waals surface area contributed by atoms with Crippen LogP contribution in [0.4, 0.5) is 0 Å². The Balaban J connectivity index is 2.05. The van der Waals surface area contributed by atoms with Crippen LogP contribution in [0.5, 0.6) is 0 Å². The van der Waals surface area contributed by atoms with Crippen LogP contribution in [0.25, 0.3) is 0 Å². The molecule has 0 radical (unpaired) electrons. The van der Waals surface area contributed by atoms with Crippen molar-refractivity contribution in [1.82, 2.24) is 20.4 Å². The van der Waals surface area contributed by atoms with E-state index in [-0.39, 0.29) is 22.9 Å². The third kappa shape index (κ3) is 5.55. The molecule has 2 rings (SSSR count). The van der Waals surface area contributed by atoms with Crippen LogP contribution in [-0.2, 0) is 0 Å². The van der Waals surface area contributed by atoms with Gasteiger partial charge in [0.15, 0.2) is 0 Å². The van der Waals surface area contributed by atoms with Gasteiger partial charge >= 0.3 is 0 Å². The van der Waals surface area contributed by atoms with Crippen molar-refractivity contribution in [1.29, 1.82) is 0 Å². The van der Waals surface area contributed by atoms with E-state index in [1.165, 1.54) is 6.42 Å². The predicted octanol–water partition coefficient (Wildman–Crippen LogP) is 4.34. The summed E-state index contributed by atoms with van der Waals surface area (Å²) in [4.78, 5) is 2.50. The van der Waals surface area contributed by atoms with Gasteiger partial charge in [0.2, 0.25) is 11.8 Å². The van der Waals surface area contributed by atoms with Gasteiger partial charge in [0.05, 0.1) is 12.1 Å². The molecule has 0 aromatic carbocycles. The Morgan fingerprint density at radius 3 is 2.46 bits per heavy atom. The van der Waals surface area contributed by atoms with E-state index in [0.717, 1.165) is 44.3 Å². The van der Waals surface area contributed by atoms with Crippen LogP contribution in [0.1, 0.15) is 91.6 Å². The number of rotatable bonds is 6. The van der Waals surface area contributed by atoms with Gasteiger partial charge < -0.3 is 9.73 Å². The molecule has 1 aromatic rings. The highest BCUT2D eigenvalue weighted by Crippen LogP contribution is 2.34. The van der Waals surface area contributed by atoms with Crippen LogP contribution >= 0.6 is 0 Å². The SMILES string of the molecule is CCC(NCC(C)(C)C)c1nnc([C@@H]2CCCN2CC(C)(C)C)o1. The fourth-order valence-corrected chi connectivity index (χ4v) is 3.26. The zero-order valence-electron chi connectivity index (χ0n) is 16.6. The molecule has 138 valence electrons. The predicted molar refractivity (Wildman–Crippen MR) is 97.8 cm³/mol. The average Bonchev–Trinajstić information content (AvgIpc) is 3.05. The first kappa shape index (κ1) is 19.4. The summed E-state index contributed by atoms with van der Waals surface area (Å²) in [5.74, 6) is 1.53. The van der Waals surface area contributed by atoms with Gasteiger partial charge in [-0.3, -0.25) is 4.90 Å². The first-order chi connectivity index (χ1) is 11.1. The van der Waals surface area contributed by atoms with Crippen molar-refractivity contribution >= 4 is 0 Å². The van der Waals surface area contributed by atoms with E-state index in [4.69, 9.17) is 4.42 Å². The monoisotopic (exact) mass is 336 g/mol. The van der Waals surface area contributed by atoms with Gasteiger partial charge in [0.25, 0.3) is 0 Å². The molecular weight excluding hydrogens is 300 g/mol. The zero-order chi connectivity index (χ0) is 18.0. The zero-order valence-corrected chi connectivity index (χ0v) is 16.6. The van der Waals surface area contributed by atoms with Crippen molar-refractivity contribution in [3.63, 3.8) is 0 Å². The number of nitrogens with zero attached hydrogens (tertiary/aromatic N) is 3. The summed E-state index contributed by atoms with van der Waals surface area (Å²) >= 11 is 0. The van der Waals surface area contributed by atoms with Gasteiger partial charge in [-0.15, -0.1) is 10.2 Å². The second kappa shape index (κ2) is 7.52. The van der Waals surface area contributed by atoms with E-state index >= 15 is 0 Å². The van der Waals surface area contributed by atoms with Crippen molar-refractivity contribution < 1.29 is 4.42 Å². The molecule has 1 unspecified atom stereocenters. The third-order valence-corrected chi connectivity index (χ3v) is 4.37.